The molecule has 0 aliphatic carbocycles. The molecule has 0 spiro atoms. The highest BCUT2D eigenvalue weighted by atomic mass is 16.5. The summed E-state index contributed by atoms with van der Waals surface area (Å²) in [6.07, 6.45) is 3.81. The van der Waals surface area contributed by atoms with Crippen molar-refractivity contribution in [1.29, 1.82) is 0 Å². The summed E-state index contributed by atoms with van der Waals surface area (Å²) in [6, 6.07) is -0.541. The third kappa shape index (κ3) is 3.25. The number of methoxy groups -OCH3 is 1. The Morgan fingerprint density at radius 2 is 2.53 bits per heavy atom. The molecule has 84 valence electrons. The molecule has 0 radical (unpaired) electrons. The summed E-state index contributed by atoms with van der Waals surface area (Å²) in [4.78, 5) is 10.7. The van der Waals surface area contributed by atoms with E-state index in [1.165, 1.54) is 0 Å². The van der Waals surface area contributed by atoms with Gasteiger partial charge >= 0.3 is 5.97 Å². The third-order valence-electron chi connectivity index (χ3n) is 2.14. The SMILES string of the molecule is CNC(CCn1cc(OC)cn1)C(=O)O. The van der Waals surface area contributed by atoms with Crippen LogP contribution in [0.3, 0.4) is 0 Å². The van der Waals surface area contributed by atoms with Crippen LogP contribution in [0.2, 0.25) is 0 Å². The van der Waals surface area contributed by atoms with Crippen LogP contribution >= 0.6 is 0 Å². The Labute approximate surface area is 87.8 Å². The maximum absolute atomic E-state index is 10.7. The summed E-state index contributed by atoms with van der Waals surface area (Å²) >= 11 is 0. The van der Waals surface area contributed by atoms with E-state index in [-0.39, 0.29) is 0 Å². The average Bonchev–Trinajstić information content (AvgIpc) is 2.66. The maximum atomic E-state index is 10.7. The van der Waals surface area contributed by atoms with Crippen LogP contribution in [0.1, 0.15) is 6.42 Å². The smallest absolute Gasteiger partial charge is 0.320 e. The van der Waals surface area contributed by atoms with Gasteiger partial charge in [0.25, 0.3) is 0 Å². The van der Waals surface area contributed by atoms with E-state index in [0.29, 0.717) is 18.7 Å². The number of carboxylic acids is 1. The molecule has 1 rings (SSSR count). The minimum absolute atomic E-state index is 0.483. The third-order valence-corrected chi connectivity index (χ3v) is 2.14. The minimum atomic E-state index is -0.850. The Morgan fingerprint density at radius 3 is 3.00 bits per heavy atom. The number of aliphatic carboxylic acids is 1. The zero-order valence-electron chi connectivity index (χ0n) is 8.80. The fourth-order valence-corrected chi connectivity index (χ4v) is 1.22. The number of carbonyl (C=O) groups is 1. The fraction of sp³-hybridized carbons (Fsp3) is 0.556. The molecule has 6 nitrogen and oxygen atoms in total. The van der Waals surface area contributed by atoms with Crippen LogP contribution in [0.25, 0.3) is 0 Å². The molecule has 1 aromatic heterocycles. The van der Waals surface area contributed by atoms with E-state index >= 15 is 0 Å². The molecular weight excluding hydrogens is 198 g/mol. The molecule has 1 heterocycles. The van der Waals surface area contributed by atoms with Crippen molar-refractivity contribution in [2.45, 2.75) is 19.0 Å². The van der Waals surface area contributed by atoms with Gasteiger partial charge in [-0.25, -0.2) is 0 Å². The molecule has 0 aliphatic heterocycles. The zero-order chi connectivity index (χ0) is 11.3. The number of rotatable bonds is 6. The standard InChI is InChI=1S/C9H15N3O3/c1-10-8(9(13)14)3-4-12-6-7(15-2)5-11-12/h5-6,8,10H,3-4H2,1-2H3,(H,13,14). The van der Waals surface area contributed by atoms with Gasteiger partial charge in [0.15, 0.2) is 5.75 Å². The van der Waals surface area contributed by atoms with E-state index in [1.807, 2.05) is 0 Å². The van der Waals surface area contributed by atoms with Crippen LogP contribution in [0.5, 0.6) is 5.75 Å². The summed E-state index contributed by atoms with van der Waals surface area (Å²) in [7, 11) is 3.19. The van der Waals surface area contributed by atoms with Crippen molar-refractivity contribution >= 4 is 5.97 Å². The normalized spacial score (nSPS) is 12.4. The van der Waals surface area contributed by atoms with Crippen LogP contribution < -0.4 is 10.1 Å². The van der Waals surface area contributed by atoms with Gasteiger partial charge in [0.05, 0.1) is 19.5 Å². The first kappa shape index (κ1) is 11.5. The van der Waals surface area contributed by atoms with Gasteiger partial charge in [-0.05, 0) is 13.5 Å². The molecule has 6 heteroatoms. The monoisotopic (exact) mass is 213 g/mol. The van der Waals surface area contributed by atoms with Crippen molar-refractivity contribution in [2.75, 3.05) is 14.2 Å². The second-order valence-corrected chi connectivity index (χ2v) is 3.11. The maximum Gasteiger partial charge on any atom is 0.320 e. The number of nitrogens with zero attached hydrogens (tertiary/aromatic N) is 2. The van der Waals surface area contributed by atoms with Crippen molar-refractivity contribution in [1.82, 2.24) is 15.1 Å². The van der Waals surface area contributed by atoms with Gasteiger partial charge in [-0.2, -0.15) is 5.10 Å². The number of aromatic nitrogens is 2. The van der Waals surface area contributed by atoms with Crippen LogP contribution in [-0.4, -0.2) is 41.1 Å². The predicted molar refractivity (Wildman–Crippen MR) is 53.9 cm³/mol. The number of hydrogen-bond donors (Lipinski definition) is 2. The average molecular weight is 213 g/mol. The van der Waals surface area contributed by atoms with Crippen LogP contribution in [0, 0.1) is 0 Å². The molecule has 1 unspecified atom stereocenters. The molecule has 0 saturated heterocycles. The number of carboxylic acid groups (broad SMARTS) is 1. The highest BCUT2D eigenvalue weighted by Gasteiger charge is 2.14. The molecular formula is C9H15N3O3. The Bertz CT molecular complexity index is 324. The van der Waals surface area contributed by atoms with E-state index < -0.39 is 12.0 Å². The Morgan fingerprint density at radius 1 is 1.80 bits per heavy atom. The molecule has 2 N–H and O–H groups in total. The van der Waals surface area contributed by atoms with Crippen molar-refractivity contribution in [3.8, 4) is 5.75 Å². The molecule has 0 bridgehead atoms. The lowest BCUT2D eigenvalue weighted by atomic mass is 10.2. The van der Waals surface area contributed by atoms with Gasteiger partial charge in [0.2, 0.25) is 0 Å². The van der Waals surface area contributed by atoms with Crippen molar-refractivity contribution in [2.24, 2.45) is 0 Å². The van der Waals surface area contributed by atoms with Gasteiger partial charge in [-0.1, -0.05) is 0 Å². The predicted octanol–water partition coefficient (Wildman–Crippen LogP) is -0.0456. The Hall–Kier alpha value is -1.56. The number of hydrogen-bond acceptors (Lipinski definition) is 4. The van der Waals surface area contributed by atoms with Gasteiger partial charge < -0.3 is 15.2 Å². The molecule has 0 aliphatic rings. The quantitative estimate of drug-likeness (QED) is 0.693. The number of nitrogens with one attached hydrogen (secondary N) is 1. The van der Waals surface area contributed by atoms with Crippen molar-refractivity contribution in [3.63, 3.8) is 0 Å². The summed E-state index contributed by atoms with van der Waals surface area (Å²) < 4.78 is 6.62. The lowest BCUT2D eigenvalue weighted by molar-refractivity contribution is -0.139. The van der Waals surface area contributed by atoms with E-state index in [4.69, 9.17) is 9.84 Å². The van der Waals surface area contributed by atoms with Gasteiger partial charge in [-0.3, -0.25) is 9.48 Å². The first-order chi connectivity index (χ1) is 7.17. The lowest BCUT2D eigenvalue weighted by Crippen LogP contribution is -2.34. The van der Waals surface area contributed by atoms with Gasteiger partial charge in [0.1, 0.15) is 6.04 Å². The van der Waals surface area contributed by atoms with E-state index in [2.05, 4.69) is 10.4 Å². The molecule has 0 aromatic carbocycles. The topological polar surface area (TPSA) is 76.4 Å². The van der Waals surface area contributed by atoms with Crippen LogP contribution in [-0.2, 0) is 11.3 Å². The first-order valence-corrected chi connectivity index (χ1v) is 4.64. The summed E-state index contributed by atoms with van der Waals surface area (Å²) in [5.74, 6) is -0.178. The number of ether oxygens (including phenoxy) is 1. The molecule has 15 heavy (non-hydrogen) atoms. The second kappa shape index (κ2) is 5.35. The van der Waals surface area contributed by atoms with Crippen molar-refractivity contribution < 1.29 is 14.6 Å². The summed E-state index contributed by atoms with van der Waals surface area (Å²) in [5, 5.41) is 15.5. The van der Waals surface area contributed by atoms with Gasteiger partial charge in [-0.15, -0.1) is 0 Å². The second-order valence-electron chi connectivity index (χ2n) is 3.11. The van der Waals surface area contributed by atoms with Crippen molar-refractivity contribution in [3.05, 3.63) is 12.4 Å². The van der Waals surface area contributed by atoms with Crippen LogP contribution in [0.15, 0.2) is 12.4 Å². The van der Waals surface area contributed by atoms with E-state index in [1.54, 1.807) is 31.2 Å². The molecule has 1 aromatic rings. The van der Waals surface area contributed by atoms with E-state index in [9.17, 15) is 4.79 Å². The Kier molecular flexibility index (Phi) is 4.11. The highest BCUT2D eigenvalue weighted by Crippen LogP contribution is 2.07. The molecule has 0 saturated carbocycles. The van der Waals surface area contributed by atoms with E-state index in [0.717, 1.165) is 0 Å². The lowest BCUT2D eigenvalue weighted by Gasteiger charge is -2.10. The molecule has 0 fully saturated rings. The first-order valence-electron chi connectivity index (χ1n) is 4.64. The van der Waals surface area contributed by atoms with Gasteiger partial charge in [0, 0.05) is 6.54 Å². The summed E-state index contributed by atoms with van der Waals surface area (Å²) in [5.41, 5.74) is 0. The zero-order valence-corrected chi connectivity index (χ0v) is 8.80. The number of aryl methyl sites for hydroxylation is 1. The molecule has 1 atom stereocenters. The fourth-order valence-electron chi connectivity index (χ4n) is 1.22. The highest BCUT2D eigenvalue weighted by molar-refractivity contribution is 5.73. The minimum Gasteiger partial charge on any atom is -0.493 e. The number of likely N-dealkylation sites (N-methyl/N-ethyl adjacent to an activating group) is 1. The molecule has 0 amide bonds. The van der Waals surface area contributed by atoms with Crippen LogP contribution in [0.4, 0.5) is 0 Å². The summed E-state index contributed by atoms with van der Waals surface area (Å²) in [6.45, 7) is 0.543. The Balaban J connectivity index is 2.45. The largest absolute Gasteiger partial charge is 0.493 e.